The van der Waals surface area contributed by atoms with Crippen LogP contribution < -0.4 is 0 Å². The van der Waals surface area contributed by atoms with Crippen LogP contribution in [0.25, 0.3) is 0 Å². The summed E-state index contributed by atoms with van der Waals surface area (Å²) in [5, 5.41) is 10.7. The molecule has 20 heavy (non-hydrogen) atoms. The van der Waals surface area contributed by atoms with Gasteiger partial charge in [0, 0.05) is 0 Å². The summed E-state index contributed by atoms with van der Waals surface area (Å²) in [5.74, 6) is 0.914. The zero-order valence-corrected chi connectivity index (χ0v) is 12.8. The molecule has 0 bridgehead atoms. The third-order valence-electron chi connectivity index (χ3n) is 3.81. The summed E-state index contributed by atoms with van der Waals surface area (Å²) >= 11 is 0. The van der Waals surface area contributed by atoms with Gasteiger partial charge in [-0.3, -0.25) is 0 Å². The van der Waals surface area contributed by atoms with Crippen LogP contribution in [0.5, 0.6) is 0 Å². The van der Waals surface area contributed by atoms with Crippen molar-refractivity contribution in [3.05, 3.63) is 70.8 Å². The van der Waals surface area contributed by atoms with Gasteiger partial charge in [0.1, 0.15) is 6.10 Å². The molecule has 0 saturated carbocycles. The van der Waals surface area contributed by atoms with E-state index in [4.69, 9.17) is 0 Å². The molecule has 1 nitrogen and oxygen atoms in total. The topological polar surface area (TPSA) is 20.2 Å². The second-order valence-electron chi connectivity index (χ2n) is 6.01. The van der Waals surface area contributed by atoms with Gasteiger partial charge in [0.2, 0.25) is 0 Å². The molecule has 0 aliphatic heterocycles. The fraction of sp³-hybridized carbons (Fsp3) is 0.368. The van der Waals surface area contributed by atoms with Gasteiger partial charge in [-0.1, -0.05) is 76.2 Å². The normalized spacial score (nSPS) is 12.9. The van der Waals surface area contributed by atoms with E-state index in [9.17, 15) is 5.11 Å². The molecular weight excluding hydrogens is 244 g/mol. The molecule has 106 valence electrons. The fourth-order valence-electron chi connectivity index (χ4n) is 2.52. The van der Waals surface area contributed by atoms with Gasteiger partial charge >= 0.3 is 0 Å². The van der Waals surface area contributed by atoms with E-state index in [0.717, 1.165) is 11.1 Å². The monoisotopic (exact) mass is 268 g/mol. The average molecular weight is 268 g/mol. The second-order valence-corrected chi connectivity index (χ2v) is 6.01. The molecule has 0 saturated heterocycles. The predicted octanol–water partition coefficient (Wildman–Crippen LogP) is 5.02. The molecule has 0 fully saturated rings. The molecule has 0 radical (unpaired) electrons. The van der Waals surface area contributed by atoms with Crippen LogP contribution in [-0.4, -0.2) is 5.11 Å². The van der Waals surface area contributed by atoms with E-state index in [1.807, 2.05) is 30.3 Å². The minimum atomic E-state index is -0.546. The van der Waals surface area contributed by atoms with E-state index in [1.165, 1.54) is 11.1 Å². The lowest BCUT2D eigenvalue weighted by atomic mass is 9.87. The quantitative estimate of drug-likeness (QED) is 0.826. The Morgan fingerprint density at radius 2 is 1.35 bits per heavy atom. The highest BCUT2D eigenvalue weighted by atomic mass is 16.3. The smallest absolute Gasteiger partial charge is 0.104 e. The number of rotatable bonds is 4. The van der Waals surface area contributed by atoms with Crippen molar-refractivity contribution < 1.29 is 5.11 Å². The van der Waals surface area contributed by atoms with E-state index in [1.54, 1.807) is 0 Å². The summed E-state index contributed by atoms with van der Waals surface area (Å²) in [4.78, 5) is 0. The molecule has 0 amide bonds. The van der Waals surface area contributed by atoms with Crippen LogP contribution in [-0.2, 0) is 0 Å². The number of aliphatic hydroxyl groups excluding tert-OH is 1. The highest BCUT2D eigenvalue weighted by molar-refractivity contribution is 5.40. The van der Waals surface area contributed by atoms with Gasteiger partial charge in [0.15, 0.2) is 0 Å². The maximum Gasteiger partial charge on any atom is 0.104 e. The molecule has 1 N–H and O–H groups in total. The third kappa shape index (κ3) is 3.10. The standard InChI is InChI=1S/C19H24O/c1-13(2)16-10-11-17(18(12-16)14(3)4)19(20)15-8-6-5-7-9-15/h5-14,19-20H,1-4H3. The van der Waals surface area contributed by atoms with Crippen molar-refractivity contribution in [1.82, 2.24) is 0 Å². The summed E-state index contributed by atoms with van der Waals surface area (Å²) < 4.78 is 0. The van der Waals surface area contributed by atoms with Crippen LogP contribution in [0.1, 0.15) is 67.9 Å². The molecule has 0 heterocycles. The van der Waals surface area contributed by atoms with Gasteiger partial charge in [-0.15, -0.1) is 0 Å². The summed E-state index contributed by atoms with van der Waals surface area (Å²) in [6, 6.07) is 16.3. The lowest BCUT2D eigenvalue weighted by molar-refractivity contribution is 0.218. The Morgan fingerprint density at radius 1 is 0.700 bits per heavy atom. The molecule has 0 aliphatic rings. The maximum atomic E-state index is 10.7. The molecule has 2 aromatic rings. The molecule has 2 aromatic carbocycles. The Kier molecular flexibility index (Phi) is 4.61. The maximum absolute atomic E-state index is 10.7. The highest BCUT2D eigenvalue weighted by Gasteiger charge is 2.17. The van der Waals surface area contributed by atoms with Crippen molar-refractivity contribution in [1.29, 1.82) is 0 Å². The van der Waals surface area contributed by atoms with Gasteiger partial charge in [0.05, 0.1) is 0 Å². The number of aliphatic hydroxyl groups is 1. The summed E-state index contributed by atoms with van der Waals surface area (Å²) in [6.45, 7) is 8.76. The predicted molar refractivity (Wildman–Crippen MR) is 85.1 cm³/mol. The van der Waals surface area contributed by atoms with E-state index in [0.29, 0.717) is 11.8 Å². The van der Waals surface area contributed by atoms with Gasteiger partial charge < -0.3 is 5.11 Å². The Morgan fingerprint density at radius 3 is 1.90 bits per heavy atom. The van der Waals surface area contributed by atoms with Crippen LogP contribution in [0.15, 0.2) is 48.5 Å². The molecule has 0 aliphatic carbocycles. The van der Waals surface area contributed by atoms with E-state index >= 15 is 0 Å². The molecule has 0 aromatic heterocycles. The Hall–Kier alpha value is -1.60. The first-order valence-electron chi connectivity index (χ1n) is 7.37. The van der Waals surface area contributed by atoms with Gasteiger partial charge in [-0.2, -0.15) is 0 Å². The second kappa shape index (κ2) is 6.23. The first-order chi connectivity index (χ1) is 9.50. The summed E-state index contributed by atoms with van der Waals surface area (Å²) in [7, 11) is 0. The lowest BCUT2D eigenvalue weighted by Crippen LogP contribution is -2.06. The minimum absolute atomic E-state index is 0.405. The first kappa shape index (κ1) is 14.8. The summed E-state index contributed by atoms with van der Waals surface area (Å²) in [6.07, 6.45) is -0.546. The SMILES string of the molecule is CC(C)c1ccc(C(O)c2ccccc2)c(C(C)C)c1. The number of hydrogen-bond donors (Lipinski definition) is 1. The molecule has 2 rings (SSSR count). The van der Waals surface area contributed by atoms with Crippen LogP contribution in [0.3, 0.4) is 0 Å². The summed E-state index contributed by atoms with van der Waals surface area (Å²) in [5.41, 5.74) is 4.55. The highest BCUT2D eigenvalue weighted by Crippen LogP contribution is 2.31. The molecule has 0 spiro atoms. The fourth-order valence-corrected chi connectivity index (χ4v) is 2.52. The van der Waals surface area contributed by atoms with Crippen molar-refractivity contribution in [3.8, 4) is 0 Å². The first-order valence-corrected chi connectivity index (χ1v) is 7.37. The van der Waals surface area contributed by atoms with E-state index in [-0.39, 0.29) is 0 Å². The van der Waals surface area contributed by atoms with Crippen LogP contribution in [0.4, 0.5) is 0 Å². The zero-order valence-electron chi connectivity index (χ0n) is 12.8. The number of benzene rings is 2. The van der Waals surface area contributed by atoms with Crippen molar-refractivity contribution in [2.24, 2.45) is 0 Å². The Bertz CT molecular complexity index is 555. The van der Waals surface area contributed by atoms with Crippen molar-refractivity contribution in [3.63, 3.8) is 0 Å². The third-order valence-corrected chi connectivity index (χ3v) is 3.81. The zero-order chi connectivity index (χ0) is 14.7. The van der Waals surface area contributed by atoms with Crippen LogP contribution in [0, 0.1) is 0 Å². The van der Waals surface area contributed by atoms with Crippen LogP contribution >= 0.6 is 0 Å². The van der Waals surface area contributed by atoms with Gasteiger partial charge in [-0.05, 0) is 34.1 Å². The molecule has 1 atom stereocenters. The molecule has 1 heteroatoms. The minimum Gasteiger partial charge on any atom is -0.384 e. The molecular formula is C19H24O. The average Bonchev–Trinajstić information content (AvgIpc) is 2.46. The Labute approximate surface area is 122 Å². The molecule has 1 unspecified atom stereocenters. The van der Waals surface area contributed by atoms with Crippen molar-refractivity contribution >= 4 is 0 Å². The van der Waals surface area contributed by atoms with Crippen LogP contribution in [0.2, 0.25) is 0 Å². The Balaban J connectivity index is 2.45. The largest absolute Gasteiger partial charge is 0.384 e. The van der Waals surface area contributed by atoms with Crippen molar-refractivity contribution in [2.75, 3.05) is 0 Å². The van der Waals surface area contributed by atoms with Crippen molar-refractivity contribution in [2.45, 2.75) is 45.6 Å². The van der Waals surface area contributed by atoms with Gasteiger partial charge in [-0.25, -0.2) is 0 Å². The van der Waals surface area contributed by atoms with E-state index < -0.39 is 6.10 Å². The van der Waals surface area contributed by atoms with Gasteiger partial charge in [0.25, 0.3) is 0 Å². The number of hydrogen-bond acceptors (Lipinski definition) is 1. The lowest BCUT2D eigenvalue weighted by Gasteiger charge is -2.20. The van der Waals surface area contributed by atoms with E-state index in [2.05, 4.69) is 45.9 Å².